The first-order valence-corrected chi connectivity index (χ1v) is 11.6. The molecule has 1 amide bonds. The van der Waals surface area contributed by atoms with E-state index < -0.39 is 0 Å². The molecule has 164 valence electrons. The minimum absolute atomic E-state index is 0.161. The van der Waals surface area contributed by atoms with Crippen molar-refractivity contribution in [2.24, 2.45) is 0 Å². The van der Waals surface area contributed by atoms with Crippen molar-refractivity contribution >= 4 is 58.2 Å². The van der Waals surface area contributed by atoms with Crippen molar-refractivity contribution in [1.29, 1.82) is 0 Å². The first kappa shape index (κ1) is 23.7. The standard InChI is InChI=1S/C21H21Cl3N4O2S/c1-4-28-20(13(3)30-17-5-6-18(24)12(2)7-17)26-27-21(28)31-11-19(29)25-16-9-14(22)8-15(23)10-16/h5-10,13H,4,11H2,1-3H3,(H,25,29). The molecule has 1 atom stereocenters. The summed E-state index contributed by atoms with van der Waals surface area (Å²) < 4.78 is 7.96. The van der Waals surface area contributed by atoms with Crippen LogP contribution in [0.3, 0.4) is 0 Å². The third kappa shape index (κ3) is 6.29. The monoisotopic (exact) mass is 498 g/mol. The van der Waals surface area contributed by atoms with Crippen LogP contribution in [-0.2, 0) is 11.3 Å². The molecule has 10 heteroatoms. The summed E-state index contributed by atoms with van der Waals surface area (Å²) in [5.41, 5.74) is 1.48. The van der Waals surface area contributed by atoms with E-state index in [2.05, 4.69) is 15.5 Å². The Kier molecular flexibility index (Phi) is 8.11. The third-order valence-corrected chi connectivity index (χ3v) is 6.17. The predicted molar refractivity (Wildman–Crippen MR) is 127 cm³/mol. The van der Waals surface area contributed by atoms with Gasteiger partial charge in [-0.3, -0.25) is 4.79 Å². The second-order valence-corrected chi connectivity index (χ2v) is 8.97. The molecule has 6 nitrogen and oxygen atoms in total. The number of anilines is 1. The molecular weight excluding hydrogens is 479 g/mol. The SMILES string of the molecule is CCn1c(SCC(=O)Nc2cc(Cl)cc(Cl)c2)nnc1C(C)Oc1ccc(Cl)c(C)c1. The van der Waals surface area contributed by atoms with E-state index in [1.165, 1.54) is 11.8 Å². The lowest BCUT2D eigenvalue weighted by molar-refractivity contribution is -0.113. The summed E-state index contributed by atoms with van der Waals surface area (Å²) in [5.74, 6) is 1.35. The van der Waals surface area contributed by atoms with Crippen molar-refractivity contribution in [3.05, 3.63) is 62.9 Å². The Bertz CT molecular complexity index is 1070. The van der Waals surface area contributed by atoms with Gasteiger partial charge in [0.25, 0.3) is 0 Å². The van der Waals surface area contributed by atoms with Crippen LogP contribution in [-0.4, -0.2) is 26.4 Å². The zero-order valence-corrected chi connectivity index (χ0v) is 20.2. The lowest BCUT2D eigenvalue weighted by atomic mass is 10.2. The maximum absolute atomic E-state index is 12.3. The highest BCUT2D eigenvalue weighted by atomic mass is 35.5. The number of carbonyl (C=O) groups is 1. The molecule has 0 saturated heterocycles. The Morgan fingerprint density at radius 1 is 1.16 bits per heavy atom. The molecule has 0 aliphatic carbocycles. The van der Waals surface area contributed by atoms with E-state index in [9.17, 15) is 4.79 Å². The Morgan fingerprint density at radius 3 is 2.52 bits per heavy atom. The molecule has 1 aromatic heterocycles. The Balaban J connectivity index is 1.64. The lowest BCUT2D eigenvalue weighted by Gasteiger charge is -2.16. The maximum atomic E-state index is 12.3. The number of thioether (sulfide) groups is 1. The van der Waals surface area contributed by atoms with E-state index in [0.29, 0.717) is 44.0 Å². The molecule has 0 bridgehead atoms. The van der Waals surface area contributed by atoms with Crippen LogP contribution in [0.1, 0.15) is 31.3 Å². The molecule has 0 aliphatic heterocycles. The summed E-state index contributed by atoms with van der Waals surface area (Å²) in [5, 5.41) is 13.5. The van der Waals surface area contributed by atoms with Crippen LogP contribution in [0, 0.1) is 6.92 Å². The number of ether oxygens (including phenoxy) is 1. The number of hydrogen-bond acceptors (Lipinski definition) is 5. The molecule has 2 aromatic carbocycles. The van der Waals surface area contributed by atoms with E-state index in [1.54, 1.807) is 24.3 Å². The smallest absolute Gasteiger partial charge is 0.234 e. The van der Waals surface area contributed by atoms with Gasteiger partial charge in [-0.1, -0.05) is 46.6 Å². The molecule has 1 unspecified atom stereocenters. The van der Waals surface area contributed by atoms with E-state index in [1.807, 2.05) is 37.5 Å². The number of nitrogens with one attached hydrogen (secondary N) is 1. The van der Waals surface area contributed by atoms with Gasteiger partial charge in [0.05, 0.1) is 5.75 Å². The van der Waals surface area contributed by atoms with Gasteiger partial charge in [0.2, 0.25) is 5.91 Å². The number of amides is 1. The minimum atomic E-state index is -0.329. The number of hydrogen-bond donors (Lipinski definition) is 1. The summed E-state index contributed by atoms with van der Waals surface area (Å²) in [7, 11) is 0. The van der Waals surface area contributed by atoms with Gasteiger partial charge in [0, 0.05) is 27.3 Å². The van der Waals surface area contributed by atoms with Crippen molar-refractivity contribution in [2.75, 3.05) is 11.1 Å². The molecule has 0 saturated carbocycles. The average molecular weight is 500 g/mol. The zero-order chi connectivity index (χ0) is 22.5. The topological polar surface area (TPSA) is 69.0 Å². The van der Waals surface area contributed by atoms with E-state index in [4.69, 9.17) is 39.5 Å². The number of carbonyl (C=O) groups excluding carboxylic acids is 1. The van der Waals surface area contributed by atoms with Gasteiger partial charge < -0.3 is 14.6 Å². The van der Waals surface area contributed by atoms with Crippen LogP contribution in [0.15, 0.2) is 41.6 Å². The van der Waals surface area contributed by atoms with E-state index in [0.717, 1.165) is 5.56 Å². The Hall–Kier alpha value is -1.93. The van der Waals surface area contributed by atoms with Crippen molar-refractivity contribution in [2.45, 2.75) is 38.6 Å². The van der Waals surface area contributed by atoms with Crippen molar-refractivity contribution in [3.63, 3.8) is 0 Å². The first-order valence-electron chi connectivity index (χ1n) is 9.51. The van der Waals surface area contributed by atoms with Gasteiger partial charge in [0.15, 0.2) is 17.1 Å². The molecule has 0 aliphatic rings. The van der Waals surface area contributed by atoms with Crippen LogP contribution in [0.2, 0.25) is 15.1 Å². The van der Waals surface area contributed by atoms with Gasteiger partial charge in [-0.25, -0.2) is 0 Å². The second-order valence-electron chi connectivity index (χ2n) is 6.75. The number of benzene rings is 2. The highest BCUT2D eigenvalue weighted by Crippen LogP contribution is 2.28. The summed E-state index contributed by atoms with van der Waals surface area (Å²) >= 11 is 19.3. The van der Waals surface area contributed by atoms with Crippen LogP contribution in [0.4, 0.5) is 5.69 Å². The fraction of sp³-hybridized carbons (Fsp3) is 0.286. The van der Waals surface area contributed by atoms with E-state index in [-0.39, 0.29) is 17.8 Å². The van der Waals surface area contributed by atoms with Gasteiger partial charge in [0.1, 0.15) is 5.75 Å². The minimum Gasteiger partial charge on any atom is -0.483 e. The fourth-order valence-electron chi connectivity index (χ4n) is 2.91. The van der Waals surface area contributed by atoms with Crippen LogP contribution in [0.25, 0.3) is 0 Å². The summed E-state index contributed by atoms with van der Waals surface area (Å²) in [6.45, 7) is 6.46. The largest absolute Gasteiger partial charge is 0.483 e. The maximum Gasteiger partial charge on any atom is 0.234 e. The van der Waals surface area contributed by atoms with Crippen molar-refractivity contribution in [1.82, 2.24) is 14.8 Å². The molecule has 0 fully saturated rings. The van der Waals surface area contributed by atoms with Gasteiger partial charge >= 0.3 is 0 Å². The molecule has 3 aromatic rings. The molecule has 3 rings (SSSR count). The molecule has 1 N–H and O–H groups in total. The normalized spacial score (nSPS) is 11.9. The molecular formula is C21H21Cl3N4O2S. The predicted octanol–water partition coefficient (Wildman–Crippen LogP) is 6.44. The van der Waals surface area contributed by atoms with Gasteiger partial charge in [-0.05, 0) is 62.7 Å². The number of rotatable bonds is 8. The molecule has 1 heterocycles. The highest BCUT2D eigenvalue weighted by molar-refractivity contribution is 7.99. The average Bonchev–Trinajstić information content (AvgIpc) is 3.11. The van der Waals surface area contributed by atoms with Crippen molar-refractivity contribution in [3.8, 4) is 5.75 Å². The third-order valence-electron chi connectivity index (χ3n) is 4.35. The first-order chi connectivity index (χ1) is 14.8. The van der Waals surface area contributed by atoms with Gasteiger partial charge in [-0.15, -0.1) is 10.2 Å². The van der Waals surface area contributed by atoms with Gasteiger partial charge in [-0.2, -0.15) is 0 Å². The Morgan fingerprint density at radius 2 is 1.87 bits per heavy atom. The summed E-state index contributed by atoms with van der Waals surface area (Å²) in [6.07, 6.45) is -0.329. The fourth-order valence-corrected chi connectivity index (χ4v) is 4.36. The highest BCUT2D eigenvalue weighted by Gasteiger charge is 2.20. The summed E-state index contributed by atoms with van der Waals surface area (Å²) in [6, 6.07) is 10.4. The molecule has 0 spiro atoms. The molecule has 0 radical (unpaired) electrons. The lowest BCUT2D eigenvalue weighted by Crippen LogP contribution is -2.15. The Labute approximate surface area is 200 Å². The summed E-state index contributed by atoms with van der Waals surface area (Å²) in [4.78, 5) is 12.3. The number of aromatic nitrogens is 3. The quantitative estimate of drug-likeness (QED) is 0.361. The van der Waals surface area contributed by atoms with E-state index >= 15 is 0 Å². The zero-order valence-electron chi connectivity index (χ0n) is 17.2. The van der Waals surface area contributed by atoms with Crippen LogP contribution >= 0.6 is 46.6 Å². The molecule has 31 heavy (non-hydrogen) atoms. The van der Waals surface area contributed by atoms with Crippen LogP contribution < -0.4 is 10.1 Å². The van der Waals surface area contributed by atoms with Crippen LogP contribution in [0.5, 0.6) is 5.75 Å². The number of nitrogens with zero attached hydrogens (tertiary/aromatic N) is 3. The second kappa shape index (κ2) is 10.6. The number of aryl methyl sites for hydroxylation is 1. The number of halogens is 3. The van der Waals surface area contributed by atoms with Crippen molar-refractivity contribution < 1.29 is 9.53 Å².